The summed E-state index contributed by atoms with van der Waals surface area (Å²) >= 11 is 0. The standard InChI is InChI=1S/C18H22N6O2/c1-12-6-22-15(8-21-12)18(26)23-16-11-24(10-14(16)17(25)19-2)9-13-4-3-5-20-7-13/h3-8,14,16H,9-11H2,1-2H3,(H,19,25)(H,23,26)/t14-,16-/m0/s1. The highest BCUT2D eigenvalue weighted by molar-refractivity contribution is 5.92. The summed E-state index contributed by atoms with van der Waals surface area (Å²) in [5.41, 5.74) is 2.06. The summed E-state index contributed by atoms with van der Waals surface area (Å²) in [5, 5.41) is 5.62. The Morgan fingerprint density at radius 1 is 1.23 bits per heavy atom. The second-order valence-electron chi connectivity index (χ2n) is 6.40. The van der Waals surface area contributed by atoms with Crippen LogP contribution in [-0.4, -0.2) is 57.8 Å². The van der Waals surface area contributed by atoms with Gasteiger partial charge in [0, 0.05) is 45.3 Å². The van der Waals surface area contributed by atoms with E-state index < -0.39 is 0 Å². The highest BCUT2D eigenvalue weighted by atomic mass is 16.2. The monoisotopic (exact) mass is 354 g/mol. The molecule has 0 saturated carbocycles. The molecule has 0 spiro atoms. The molecule has 1 saturated heterocycles. The zero-order chi connectivity index (χ0) is 18.5. The third-order valence-electron chi connectivity index (χ3n) is 4.44. The van der Waals surface area contributed by atoms with Crippen molar-refractivity contribution in [1.82, 2.24) is 30.5 Å². The molecule has 2 N–H and O–H groups in total. The maximum absolute atomic E-state index is 12.5. The summed E-state index contributed by atoms with van der Waals surface area (Å²) in [6.45, 7) is 3.64. The number of amides is 2. The maximum atomic E-state index is 12.5. The molecule has 2 aromatic heterocycles. The normalized spacial score (nSPS) is 19.9. The van der Waals surface area contributed by atoms with E-state index in [0.29, 0.717) is 19.6 Å². The summed E-state index contributed by atoms with van der Waals surface area (Å²) in [5.74, 6) is -0.724. The van der Waals surface area contributed by atoms with E-state index in [1.807, 2.05) is 25.3 Å². The molecule has 136 valence electrons. The van der Waals surface area contributed by atoms with Crippen molar-refractivity contribution in [2.24, 2.45) is 5.92 Å². The third-order valence-corrected chi connectivity index (χ3v) is 4.44. The number of hydrogen-bond donors (Lipinski definition) is 2. The lowest BCUT2D eigenvalue weighted by molar-refractivity contribution is -0.124. The van der Waals surface area contributed by atoms with Crippen molar-refractivity contribution in [1.29, 1.82) is 0 Å². The minimum absolute atomic E-state index is 0.0843. The van der Waals surface area contributed by atoms with Gasteiger partial charge >= 0.3 is 0 Å². The Morgan fingerprint density at radius 2 is 2.08 bits per heavy atom. The largest absolute Gasteiger partial charge is 0.359 e. The van der Waals surface area contributed by atoms with Crippen molar-refractivity contribution in [3.8, 4) is 0 Å². The van der Waals surface area contributed by atoms with Gasteiger partial charge in [-0.1, -0.05) is 6.07 Å². The van der Waals surface area contributed by atoms with Gasteiger partial charge in [0.15, 0.2) is 0 Å². The number of nitrogens with one attached hydrogen (secondary N) is 2. The highest BCUT2D eigenvalue weighted by Crippen LogP contribution is 2.20. The zero-order valence-electron chi connectivity index (χ0n) is 14.8. The average Bonchev–Trinajstić information content (AvgIpc) is 3.04. The SMILES string of the molecule is CNC(=O)[C@H]1CN(Cc2cccnc2)C[C@@H]1NC(=O)c1cnc(C)cn1. The van der Waals surface area contributed by atoms with E-state index in [4.69, 9.17) is 0 Å². The predicted molar refractivity (Wildman–Crippen MR) is 95.1 cm³/mol. The molecule has 0 unspecified atom stereocenters. The molecule has 2 aromatic rings. The van der Waals surface area contributed by atoms with E-state index in [-0.39, 0.29) is 29.5 Å². The molecule has 2 amide bonds. The number of likely N-dealkylation sites (tertiary alicyclic amines) is 1. The first-order valence-electron chi connectivity index (χ1n) is 8.49. The van der Waals surface area contributed by atoms with Crippen molar-refractivity contribution in [2.75, 3.05) is 20.1 Å². The van der Waals surface area contributed by atoms with E-state index in [0.717, 1.165) is 11.3 Å². The highest BCUT2D eigenvalue weighted by Gasteiger charge is 2.38. The van der Waals surface area contributed by atoms with Crippen molar-refractivity contribution >= 4 is 11.8 Å². The van der Waals surface area contributed by atoms with Crippen molar-refractivity contribution in [3.05, 3.63) is 53.9 Å². The molecule has 0 bridgehead atoms. The molecule has 2 atom stereocenters. The molecule has 26 heavy (non-hydrogen) atoms. The van der Waals surface area contributed by atoms with E-state index in [9.17, 15) is 9.59 Å². The smallest absolute Gasteiger partial charge is 0.271 e. The van der Waals surface area contributed by atoms with E-state index in [2.05, 4.69) is 30.5 Å². The zero-order valence-corrected chi connectivity index (χ0v) is 14.8. The summed E-state index contributed by atoms with van der Waals surface area (Å²) in [6.07, 6.45) is 6.53. The van der Waals surface area contributed by atoms with Crippen molar-refractivity contribution < 1.29 is 9.59 Å². The van der Waals surface area contributed by atoms with Crippen LogP contribution in [0.4, 0.5) is 0 Å². The van der Waals surface area contributed by atoms with Gasteiger partial charge in [0.1, 0.15) is 5.69 Å². The van der Waals surface area contributed by atoms with Crippen LogP contribution in [0.5, 0.6) is 0 Å². The van der Waals surface area contributed by atoms with E-state index >= 15 is 0 Å². The molecule has 1 fully saturated rings. The minimum atomic E-state index is -0.320. The number of nitrogens with zero attached hydrogens (tertiary/aromatic N) is 4. The molecule has 8 nitrogen and oxygen atoms in total. The number of hydrogen-bond acceptors (Lipinski definition) is 6. The second-order valence-corrected chi connectivity index (χ2v) is 6.40. The Bertz CT molecular complexity index is 765. The van der Waals surface area contributed by atoms with Crippen LogP contribution in [0.2, 0.25) is 0 Å². The lowest BCUT2D eigenvalue weighted by Crippen LogP contribution is -2.45. The van der Waals surface area contributed by atoms with Gasteiger partial charge in [0.2, 0.25) is 5.91 Å². The fourth-order valence-electron chi connectivity index (χ4n) is 3.11. The number of aryl methyl sites for hydroxylation is 1. The lowest BCUT2D eigenvalue weighted by atomic mass is 10.0. The topological polar surface area (TPSA) is 100 Å². The Kier molecular flexibility index (Phi) is 5.52. The van der Waals surface area contributed by atoms with Gasteiger partial charge in [-0.15, -0.1) is 0 Å². The van der Waals surface area contributed by atoms with Crippen LogP contribution in [0, 0.1) is 12.8 Å². The number of aromatic nitrogens is 3. The first kappa shape index (κ1) is 17.9. The molecule has 1 aliphatic rings. The number of carbonyl (C=O) groups excluding carboxylic acids is 2. The molecule has 0 aromatic carbocycles. The molecular formula is C18H22N6O2. The molecular weight excluding hydrogens is 332 g/mol. The number of pyridine rings is 1. The predicted octanol–water partition coefficient (Wildman–Crippen LogP) is 0.156. The van der Waals surface area contributed by atoms with Gasteiger partial charge < -0.3 is 10.6 Å². The fourth-order valence-corrected chi connectivity index (χ4v) is 3.11. The van der Waals surface area contributed by atoms with Gasteiger partial charge in [-0.25, -0.2) is 4.98 Å². The molecule has 1 aliphatic heterocycles. The molecule has 3 heterocycles. The van der Waals surface area contributed by atoms with Gasteiger partial charge in [0.25, 0.3) is 5.91 Å². The Balaban J connectivity index is 1.69. The third kappa shape index (κ3) is 4.20. The molecule has 3 rings (SSSR count). The van der Waals surface area contributed by atoms with E-state index in [1.54, 1.807) is 19.4 Å². The fraction of sp³-hybridized carbons (Fsp3) is 0.389. The van der Waals surface area contributed by atoms with Crippen LogP contribution in [0.15, 0.2) is 36.9 Å². The number of carbonyl (C=O) groups is 2. The minimum Gasteiger partial charge on any atom is -0.359 e. The van der Waals surface area contributed by atoms with Crippen LogP contribution in [0.25, 0.3) is 0 Å². The summed E-state index contributed by atoms with van der Waals surface area (Å²) in [7, 11) is 1.61. The van der Waals surface area contributed by atoms with Gasteiger partial charge in [-0.2, -0.15) is 0 Å². The van der Waals surface area contributed by atoms with Crippen molar-refractivity contribution in [3.63, 3.8) is 0 Å². The van der Waals surface area contributed by atoms with Crippen LogP contribution in [0.1, 0.15) is 21.7 Å². The Hall–Kier alpha value is -2.87. The molecule has 0 radical (unpaired) electrons. The second kappa shape index (κ2) is 8.01. The average molecular weight is 354 g/mol. The van der Waals surface area contributed by atoms with Gasteiger partial charge in [0.05, 0.1) is 23.9 Å². The lowest BCUT2D eigenvalue weighted by Gasteiger charge is -2.18. The van der Waals surface area contributed by atoms with E-state index in [1.165, 1.54) is 6.20 Å². The number of rotatable bonds is 5. The Morgan fingerprint density at radius 3 is 2.73 bits per heavy atom. The van der Waals surface area contributed by atoms with Crippen LogP contribution in [0.3, 0.4) is 0 Å². The quantitative estimate of drug-likeness (QED) is 0.793. The van der Waals surface area contributed by atoms with Crippen LogP contribution >= 0.6 is 0 Å². The summed E-state index contributed by atoms with van der Waals surface area (Å²) < 4.78 is 0. The molecule has 8 heteroatoms. The van der Waals surface area contributed by atoms with Crippen molar-refractivity contribution in [2.45, 2.75) is 19.5 Å². The van der Waals surface area contributed by atoms with Gasteiger partial charge in [-0.05, 0) is 18.6 Å². The molecule has 0 aliphatic carbocycles. The summed E-state index contributed by atoms with van der Waals surface area (Å²) in [6, 6.07) is 3.59. The first-order valence-corrected chi connectivity index (χ1v) is 8.49. The van der Waals surface area contributed by atoms with Crippen LogP contribution < -0.4 is 10.6 Å². The van der Waals surface area contributed by atoms with Crippen LogP contribution in [-0.2, 0) is 11.3 Å². The maximum Gasteiger partial charge on any atom is 0.271 e. The summed E-state index contributed by atoms with van der Waals surface area (Å²) in [4.78, 5) is 39.2. The Labute approximate surface area is 152 Å². The van der Waals surface area contributed by atoms with Gasteiger partial charge in [-0.3, -0.25) is 24.5 Å². The first-order chi connectivity index (χ1) is 12.6.